The van der Waals surface area contributed by atoms with Crippen LogP contribution in [0.5, 0.6) is 0 Å². The van der Waals surface area contributed by atoms with Gasteiger partial charge in [-0.25, -0.2) is 13.2 Å². The smallest absolute Gasteiger partial charge is 0.146 e. The van der Waals surface area contributed by atoms with Gasteiger partial charge in [0, 0.05) is 32.7 Å². The van der Waals surface area contributed by atoms with Crippen LogP contribution in [0.1, 0.15) is 17.2 Å². The minimum atomic E-state index is -0.402. The zero-order valence-electron chi connectivity index (χ0n) is 17.2. The summed E-state index contributed by atoms with van der Waals surface area (Å²) in [4.78, 5) is 4.34. The van der Waals surface area contributed by atoms with Crippen molar-refractivity contribution in [3.05, 3.63) is 101 Å². The predicted octanol–water partition coefficient (Wildman–Crippen LogP) is 5.03. The van der Waals surface area contributed by atoms with Crippen molar-refractivity contribution in [2.45, 2.75) is 6.10 Å². The summed E-state index contributed by atoms with van der Waals surface area (Å²) in [6, 6.07) is 19.2. The molecule has 4 rings (SSSR count). The Morgan fingerprint density at radius 2 is 1.26 bits per heavy atom. The summed E-state index contributed by atoms with van der Waals surface area (Å²) in [7, 11) is 0. The first-order valence-electron chi connectivity index (χ1n) is 10.4. The molecule has 0 aliphatic carbocycles. The molecule has 0 unspecified atom stereocenters. The number of hydrogen-bond acceptors (Lipinski definition) is 3. The van der Waals surface area contributed by atoms with Crippen molar-refractivity contribution in [3.8, 4) is 0 Å². The molecule has 3 aromatic carbocycles. The van der Waals surface area contributed by atoms with Gasteiger partial charge in [-0.1, -0.05) is 36.4 Å². The Morgan fingerprint density at radius 3 is 1.81 bits per heavy atom. The quantitative estimate of drug-likeness (QED) is 0.527. The standard InChI is InChI=1S/C25H25F3N2O/c26-21-9-5-19(6-10-21)25(20-7-11-22(27)12-8-20)31-18-17-29-13-15-30(16-14-29)24-4-2-1-3-23(24)28/h1-12,25H,13-18H2. The molecule has 6 heteroatoms. The molecule has 1 aliphatic rings. The lowest BCUT2D eigenvalue weighted by Crippen LogP contribution is -2.47. The van der Waals surface area contributed by atoms with Gasteiger partial charge in [-0.05, 0) is 47.5 Å². The van der Waals surface area contributed by atoms with Crippen molar-refractivity contribution in [2.75, 3.05) is 44.2 Å². The molecule has 0 saturated carbocycles. The topological polar surface area (TPSA) is 15.7 Å². The van der Waals surface area contributed by atoms with Crippen LogP contribution in [0, 0.1) is 17.5 Å². The molecular weight excluding hydrogens is 401 g/mol. The number of anilines is 1. The maximum Gasteiger partial charge on any atom is 0.146 e. The summed E-state index contributed by atoms with van der Waals surface area (Å²) in [5, 5.41) is 0. The predicted molar refractivity (Wildman–Crippen MR) is 116 cm³/mol. The molecule has 0 bridgehead atoms. The van der Waals surface area contributed by atoms with Gasteiger partial charge in [0.05, 0.1) is 12.3 Å². The fourth-order valence-electron chi connectivity index (χ4n) is 3.88. The Bertz CT molecular complexity index is 925. The van der Waals surface area contributed by atoms with E-state index in [1.54, 1.807) is 30.3 Å². The Morgan fingerprint density at radius 1 is 0.710 bits per heavy atom. The number of para-hydroxylation sites is 1. The molecule has 1 heterocycles. The third-order valence-electron chi connectivity index (χ3n) is 5.60. The number of hydrogen-bond donors (Lipinski definition) is 0. The number of nitrogens with zero attached hydrogens (tertiary/aromatic N) is 2. The molecule has 31 heavy (non-hydrogen) atoms. The molecule has 1 fully saturated rings. The van der Waals surface area contributed by atoms with E-state index in [0.717, 1.165) is 43.9 Å². The van der Waals surface area contributed by atoms with Gasteiger partial charge in [-0.2, -0.15) is 0 Å². The van der Waals surface area contributed by atoms with Crippen molar-refractivity contribution >= 4 is 5.69 Å². The van der Waals surface area contributed by atoms with E-state index in [1.807, 2.05) is 12.1 Å². The van der Waals surface area contributed by atoms with E-state index in [9.17, 15) is 13.2 Å². The minimum Gasteiger partial charge on any atom is -0.367 e. The second-order valence-electron chi connectivity index (χ2n) is 7.63. The molecule has 1 aliphatic heterocycles. The van der Waals surface area contributed by atoms with Gasteiger partial charge < -0.3 is 9.64 Å². The van der Waals surface area contributed by atoms with Crippen LogP contribution in [-0.4, -0.2) is 44.2 Å². The van der Waals surface area contributed by atoms with E-state index in [0.29, 0.717) is 12.3 Å². The molecule has 0 N–H and O–H groups in total. The van der Waals surface area contributed by atoms with Gasteiger partial charge >= 0.3 is 0 Å². The molecule has 0 spiro atoms. The van der Waals surface area contributed by atoms with Gasteiger partial charge in [0.25, 0.3) is 0 Å². The molecule has 0 radical (unpaired) electrons. The molecule has 0 amide bonds. The SMILES string of the molecule is Fc1ccc(C(OCCN2CCN(c3ccccc3F)CC2)c2ccc(F)cc2)cc1. The van der Waals surface area contributed by atoms with Crippen LogP contribution in [-0.2, 0) is 4.74 Å². The highest BCUT2D eigenvalue weighted by atomic mass is 19.1. The van der Waals surface area contributed by atoms with Crippen LogP contribution >= 0.6 is 0 Å². The van der Waals surface area contributed by atoms with Crippen LogP contribution in [0.3, 0.4) is 0 Å². The maximum atomic E-state index is 14.0. The zero-order valence-corrected chi connectivity index (χ0v) is 17.2. The number of piperazine rings is 1. The lowest BCUT2D eigenvalue weighted by molar-refractivity contribution is 0.0585. The third kappa shape index (κ3) is 5.46. The van der Waals surface area contributed by atoms with Crippen molar-refractivity contribution in [1.29, 1.82) is 0 Å². The van der Waals surface area contributed by atoms with E-state index in [1.165, 1.54) is 30.3 Å². The van der Waals surface area contributed by atoms with Gasteiger partial charge in [0.15, 0.2) is 0 Å². The summed E-state index contributed by atoms with van der Waals surface area (Å²) in [5.41, 5.74) is 2.28. The van der Waals surface area contributed by atoms with Gasteiger partial charge in [0.2, 0.25) is 0 Å². The first-order chi connectivity index (χ1) is 15.1. The first kappa shape index (κ1) is 21.4. The van der Waals surface area contributed by atoms with E-state index in [-0.39, 0.29) is 17.5 Å². The second kappa shape index (κ2) is 9.98. The van der Waals surface area contributed by atoms with E-state index >= 15 is 0 Å². The van der Waals surface area contributed by atoms with Crippen LogP contribution in [0.15, 0.2) is 72.8 Å². The van der Waals surface area contributed by atoms with Crippen LogP contribution in [0.2, 0.25) is 0 Å². The molecule has 0 aromatic heterocycles. The average molecular weight is 426 g/mol. The number of ether oxygens (including phenoxy) is 1. The van der Waals surface area contributed by atoms with Crippen molar-refractivity contribution in [2.24, 2.45) is 0 Å². The lowest BCUT2D eigenvalue weighted by atomic mass is 10.0. The fraction of sp³-hybridized carbons (Fsp3) is 0.280. The number of halogens is 3. The average Bonchev–Trinajstić information content (AvgIpc) is 2.79. The van der Waals surface area contributed by atoms with Crippen molar-refractivity contribution in [3.63, 3.8) is 0 Å². The van der Waals surface area contributed by atoms with Gasteiger partial charge in [-0.3, -0.25) is 4.90 Å². The Kier molecular flexibility index (Phi) is 6.89. The third-order valence-corrected chi connectivity index (χ3v) is 5.60. The van der Waals surface area contributed by atoms with E-state index in [2.05, 4.69) is 9.80 Å². The van der Waals surface area contributed by atoms with Crippen LogP contribution in [0.25, 0.3) is 0 Å². The number of rotatable bonds is 7. The summed E-state index contributed by atoms with van der Waals surface area (Å²) in [5.74, 6) is -0.815. The highest BCUT2D eigenvalue weighted by Gasteiger charge is 2.20. The summed E-state index contributed by atoms with van der Waals surface area (Å²) in [6.45, 7) is 4.33. The molecule has 1 saturated heterocycles. The molecule has 0 atom stereocenters. The fourth-order valence-corrected chi connectivity index (χ4v) is 3.88. The van der Waals surface area contributed by atoms with E-state index in [4.69, 9.17) is 4.74 Å². The highest BCUT2D eigenvalue weighted by Crippen LogP contribution is 2.27. The second-order valence-corrected chi connectivity index (χ2v) is 7.63. The highest BCUT2D eigenvalue weighted by molar-refractivity contribution is 5.48. The first-order valence-corrected chi connectivity index (χ1v) is 10.4. The summed E-state index contributed by atoms with van der Waals surface area (Å²) in [6.07, 6.45) is -0.402. The Hall–Kier alpha value is -2.83. The molecule has 3 aromatic rings. The van der Waals surface area contributed by atoms with Crippen LogP contribution < -0.4 is 4.90 Å². The normalized spacial score (nSPS) is 14.9. The molecule has 3 nitrogen and oxygen atoms in total. The van der Waals surface area contributed by atoms with Gasteiger partial charge in [0.1, 0.15) is 23.6 Å². The molecular formula is C25H25F3N2O. The van der Waals surface area contributed by atoms with Crippen molar-refractivity contribution in [1.82, 2.24) is 4.90 Å². The Labute approximate surface area is 180 Å². The largest absolute Gasteiger partial charge is 0.367 e. The Balaban J connectivity index is 1.34. The lowest BCUT2D eigenvalue weighted by Gasteiger charge is -2.36. The summed E-state index contributed by atoms with van der Waals surface area (Å²) >= 11 is 0. The minimum absolute atomic E-state index is 0.194. The summed E-state index contributed by atoms with van der Waals surface area (Å²) < 4.78 is 46.9. The molecule has 162 valence electrons. The zero-order chi connectivity index (χ0) is 21.6. The van der Waals surface area contributed by atoms with Gasteiger partial charge in [-0.15, -0.1) is 0 Å². The monoisotopic (exact) mass is 426 g/mol. The maximum absolute atomic E-state index is 14.0. The van der Waals surface area contributed by atoms with Crippen molar-refractivity contribution < 1.29 is 17.9 Å². The van der Waals surface area contributed by atoms with Crippen LogP contribution in [0.4, 0.5) is 18.9 Å². The number of benzene rings is 3. The van der Waals surface area contributed by atoms with E-state index < -0.39 is 6.10 Å².